The Balaban J connectivity index is 1.70. The maximum atomic E-state index is 13.0. The van der Waals surface area contributed by atoms with E-state index in [2.05, 4.69) is 34.5 Å². The highest BCUT2D eigenvalue weighted by Crippen LogP contribution is 2.39. The highest BCUT2D eigenvalue weighted by atomic mass is 19.1. The molecule has 1 aliphatic heterocycles. The van der Waals surface area contributed by atoms with Crippen LogP contribution in [0.4, 0.5) is 4.39 Å². The first-order valence-corrected chi connectivity index (χ1v) is 6.40. The monoisotopic (exact) mass is 234 g/mol. The van der Waals surface area contributed by atoms with Gasteiger partial charge in [-0.3, -0.25) is 4.90 Å². The molecule has 1 heterocycles. The molecular weight excluding hydrogens is 215 g/mol. The van der Waals surface area contributed by atoms with E-state index in [1.165, 1.54) is 18.4 Å². The van der Waals surface area contributed by atoms with E-state index in [1.54, 1.807) is 0 Å². The molecule has 92 valence electrons. The van der Waals surface area contributed by atoms with Crippen molar-refractivity contribution in [1.82, 2.24) is 10.2 Å². The third kappa shape index (κ3) is 2.35. The fraction of sp³-hybridized carbons (Fsp3) is 0.571. The second-order valence-corrected chi connectivity index (χ2v) is 5.36. The van der Waals surface area contributed by atoms with Crippen LogP contribution >= 0.6 is 0 Å². The number of rotatable bonds is 3. The quantitative estimate of drug-likeness (QED) is 0.860. The number of hydrogen-bond acceptors (Lipinski definition) is 2. The SMILES string of the molecule is FCC1CNC2(CC2)CN1Cc1ccccc1. The Morgan fingerprint density at radius 2 is 2.06 bits per heavy atom. The van der Waals surface area contributed by atoms with Crippen molar-refractivity contribution in [2.75, 3.05) is 19.8 Å². The summed E-state index contributed by atoms with van der Waals surface area (Å²) in [7, 11) is 0. The maximum absolute atomic E-state index is 13.0. The molecule has 1 saturated heterocycles. The van der Waals surface area contributed by atoms with Crippen LogP contribution in [0, 0.1) is 0 Å². The van der Waals surface area contributed by atoms with Gasteiger partial charge in [0.25, 0.3) is 0 Å². The Kier molecular flexibility index (Phi) is 2.89. The van der Waals surface area contributed by atoms with Gasteiger partial charge < -0.3 is 5.32 Å². The molecule has 0 radical (unpaired) electrons. The van der Waals surface area contributed by atoms with Crippen molar-refractivity contribution in [3.63, 3.8) is 0 Å². The van der Waals surface area contributed by atoms with E-state index in [9.17, 15) is 4.39 Å². The van der Waals surface area contributed by atoms with Crippen LogP contribution in [0.2, 0.25) is 0 Å². The third-order valence-corrected chi connectivity index (χ3v) is 3.99. The fourth-order valence-electron chi connectivity index (χ4n) is 2.68. The van der Waals surface area contributed by atoms with Crippen LogP contribution in [-0.2, 0) is 6.54 Å². The highest BCUT2D eigenvalue weighted by molar-refractivity contribution is 5.16. The van der Waals surface area contributed by atoms with Crippen molar-refractivity contribution < 1.29 is 4.39 Å². The molecule has 1 spiro atoms. The van der Waals surface area contributed by atoms with Crippen LogP contribution < -0.4 is 5.32 Å². The van der Waals surface area contributed by atoms with Gasteiger partial charge in [0, 0.05) is 25.2 Å². The molecule has 0 amide bonds. The summed E-state index contributed by atoms with van der Waals surface area (Å²) in [6.45, 7) is 2.41. The van der Waals surface area contributed by atoms with Crippen molar-refractivity contribution in [2.45, 2.75) is 31.0 Å². The summed E-state index contributed by atoms with van der Waals surface area (Å²) in [5, 5.41) is 3.50. The van der Waals surface area contributed by atoms with Gasteiger partial charge >= 0.3 is 0 Å². The molecule has 1 unspecified atom stereocenters. The van der Waals surface area contributed by atoms with Crippen molar-refractivity contribution >= 4 is 0 Å². The first-order chi connectivity index (χ1) is 8.31. The predicted molar refractivity (Wildman–Crippen MR) is 66.6 cm³/mol. The summed E-state index contributed by atoms with van der Waals surface area (Å²) in [5.74, 6) is 0. The summed E-state index contributed by atoms with van der Waals surface area (Å²) in [4.78, 5) is 2.30. The molecule has 17 heavy (non-hydrogen) atoms. The van der Waals surface area contributed by atoms with Crippen LogP contribution in [-0.4, -0.2) is 36.2 Å². The third-order valence-electron chi connectivity index (χ3n) is 3.99. The Morgan fingerprint density at radius 3 is 2.71 bits per heavy atom. The normalized spacial score (nSPS) is 27.2. The molecule has 0 bridgehead atoms. The molecule has 2 aliphatic rings. The summed E-state index contributed by atoms with van der Waals surface area (Å²) >= 11 is 0. The van der Waals surface area contributed by atoms with Crippen molar-refractivity contribution in [3.05, 3.63) is 35.9 Å². The van der Waals surface area contributed by atoms with Gasteiger partial charge in [-0.05, 0) is 18.4 Å². The van der Waals surface area contributed by atoms with E-state index in [4.69, 9.17) is 0 Å². The highest BCUT2D eigenvalue weighted by Gasteiger charge is 2.47. The average molecular weight is 234 g/mol. The summed E-state index contributed by atoms with van der Waals surface area (Å²) in [6, 6.07) is 10.4. The minimum Gasteiger partial charge on any atom is -0.308 e. The molecule has 2 nitrogen and oxygen atoms in total. The first kappa shape index (κ1) is 11.2. The van der Waals surface area contributed by atoms with Gasteiger partial charge in [0.1, 0.15) is 6.67 Å². The lowest BCUT2D eigenvalue weighted by atomic mass is 10.1. The van der Waals surface area contributed by atoms with E-state index in [-0.39, 0.29) is 12.7 Å². The van der Waals surface area contributed by atoms with Crippen LogP contribution in [0.1, 0.15) is 18.4 Å². The number of benzene rings is 1. The van der Waals surface area contributed by atoms with Crippen LogP contribution in [0.3, 0.4) is 0 Å². The molecule has 0 aromatic heterocycles. The average Bonchev–Trinajstić information content (AvgIpc) is 3.10. The van der Waals surface area contributed by atoms with Gasteiger partial charge in [-0.1, -0.05) is 30.3 Å². The lowest BCUT2D eigenvalue weighted by molar-refractivity contribution is 0.0947. The molecule has 1 atom stereocenters. The summed E-state index contributed by atoms with van der Waals surface area (Å²) < 4.78 is 13.0. The minimum atomic E-state index is -0.254. The Bertz CT molecular complexity index is 375. The van der Waals surface area contributed by atoms with E-state index < -0.39 is 0 Å². The zero-order valence-corrected chi connectivity index (χ0v) is 10.0. The smallest absolute Gasteiger partial charge is 0.106 e. The number of halogens is 1. The van der Waals surface area contributed by atoms with Crippen molar-refractivity contribution in [3.8, 4) is 0 Å². The summed E-state index contributed by atoms with van der Waals surface area (Å²) in [6.07, 6.45) is 2.49. The minimum absolute atomic E-state index is 0.0430. The Morgan fingerprint density at radius 1 is 1.29 bits per heavy atom. The molecule has 1 aliphatic carbocycles. The second-order valence-electron chi connectivity index (χ2n) is 5.36. The number of hydrogen-bond donors (Lipinski definition) is 1. The number of nitrogens with zero attached hydrogens (tertiary/aromatic N) is 1. The van der Waals surface area contributed by atoms with Gasteiger partial charge in [0.15, 0.2) is 0 Å². The molecule has 1 aromatic rings. The predicted octanol–water partition coefficient (Wildman–Crippen LogP) is 1.96. The molecule has 1 N–H and O–H groups in total. The zero-order valence-electron chi connectivity index (χ0n) is 10.0. The van der Waals surface area contributed by atoms with Gasteiger partial charge in [0.05, 0.1) is 6.04 Å². The Hall–Kier alpha value is -0.930. The van der Waals surface area contributed by atoms with Crippen molar-refractivity contribution in [2.24, 2.45) is 0 Å². The largest absolute Gasteiger partial charge is 0.308 e. The number of alkyl halides is 1. The van der Waals surface area contributed by atoms with Gasteiger partial charge in [0.2, 0.25) is 0 Å². The van der Waals surface area contributed by atoms with E-state index in [1.807, 2.05) is 6.07 Å². The summed E-state index contributed by atoms with van der Waals surface area (Å²) in [5.41, 5.74) is 1.60. The number of nitrogens with one attached hydrogen (secondary N) is 1. The fourth-order valence-corrected chi connectivity index (χ4v) is 2.68. The van der Waals surface area contributed by atoms with Crippen LogP contribution in [0.5, 0.6) is 0 Å². The second kappa shape index (κ2) is 4.39. The van der Waals surface area contributed by atoms with Gasteiger partial charge in [-0.25, -0.2) is 4.39 Å². The van der Waals surface area contributed by atoms with E-state index in [0.717, 1.165) is 19.6 Å². The molecule has 3 rings (SSSR count). The van der Waals surface area contributed by atoms with Gasteiger partial charge in [-0.2, -0.15) is 0 Å². The maximum Gasteiger partial charge on any atom is 0.106 e. The van der Waals surface area contributed by atoms with Crippen LogP contribution in [0.15, 0.2) is 30.3 Å². The van der Waals surface area contributed by atoms with Crippen LogP contribution in [0.25, 0.3) is 0 Å². The molecule has 1 aromatic carbocycles. The molecule has 3 heteroatoms. The molecule has 2 fully saturated rings. The first-order valence-electron chi connectivity index (χ1n) is 6.40. The molecule has 1 saturated carbocycles. The standard InChI is InChI=1S/C14H19FN2/c15-8-13-9-16-14(6-7-14)11-17(13)10-12-4-2-1-3-5-12/h1-5,13,16H,6-11H2. The lowest BCUT2D eigenvalue weighted by Gasteiger charge is -2.39. The van der Waals surface area contributed by atoms with Gasteiger partial charge in [-0.15, -0.1) is 0 Å². The lowest BCUT2D eigenvalue weighted by Crippen LogP contribution is -2.58. The molecular formula is C14H19FN2. The number of piperazine rings is 1. The Labute approximate surface area is 102 Å². The van der Waals surface area contributed by atoms with E-state index >= 15 is 0 Å². The topological polar surface area (TPSA) is 15.3 Å². The van der Waals surface area contributed by atoms with E-state index in [0.29, 0.717) is 5.54 Å². The zero-order chi connectivity index (χ0) is 11.7. The van der Waals surface area contributed by atoms with Crippen molar-refractivity contribution in [1.29, 1.82) is 0 Å².